The number of hydrogen-bond acceptors (Lipinski definition) is 6. The van der Waals surface area contributed by atoms with Crippen LogP contribution in [0.3, 0.4) is 0 Å². The van der Waals surface area contributed by atoms with Gasteiger partial charge in [0.1, 0.15) is 0 Å². The van der Waals surface area contributed by atoms with Crippen LogP contribution in [-0.4, -0.2) is 95.0 Å². The van der Waals surface area contributed by atoms with Gasteiger partial charge in [0, 0.05) is 45.3 Å². The van der Waals surface area contributed by atoms with Crippen molar-refractivity contribution in [3.05, 3.63) is 29.8 Å². The van der Waals surface area contributed by atoms with Crippen LogP contribution in [0.1, 0.15) is 18.4 Å². The Kier molecular flexibility index (Phi) is 7.18. The number of rotatable bonds is 6. The van der Waals surface area contributed by atoms with E-state index in [0.29, 0.717) is 45.7 Å². The van der Waals surface area contributed by atoms with Gasteiger partial charge in [0.2, 0.25) is 26.0 Å². The largest absolute Gasteiger partial charge is 0.340 e. The summed E-state index contributed by atoms with van der Waals surface area (Å²) >= 11 is 0. The van der Waals surface area contributed by atoms with Crippen LogP contribution >= 0.6 is 0 Å². The number of piperazine rings is 1. The number of nitrogens with one attached hydrogen (secondary N) is 1. The molecule has 1 aromatic carbocycles. The first-order valence-electron chi connectivity index (χ1n) is 10.1. The predicted molar refractivity (Wildman–Crippen MR) is 114 cm³/mol. The predicted octanol–water partition coefficient (Wildman–Crippen LogP) is -0.158. The number of carbonyl (C=O) groups is 1. The van der Waals surface area contributed by atoms with Crippen LogP contribution in [0.25, 0.3) is 0 Å². The van der Waals surface area contributed by atoms with Gasteiger partial charge in [0.15, 0.2) is 0 Å². The topological polar surface area (TPSA) is 107 Å². The third-order valence-electron chi connectivity index (χ3n) is 5.50. The molecule has 9 nitrogen and oxygen atoms in total. The summed E-state index contributed by atoms with van der Waals surface area (Å²) in [5.74, 6) is -0.0511. The van der Waals surface area contributed by atoms with Crippen molar-refractivity contribution >= 4 is 26.0 Å². The van der Waals surface area contributed by atoms with Gasteiger partial charge in [-0.15, -0.1) is 0 Å². The highest BCUT2D eigenvalue weighted by Gasteiger charge is 2.31. The van der Waals surface area contributed by atoms with Gasteiger partial charge in [-0.25, -0.2) is 21.6 Å². The van der Waals surface area contributed by atoms with Gasteiger partial charge in [-0.3, -0.25) is 9.69 Å². The maximum atomic E-state index is 12.8. The van der Waals surface area contributed by atoms with Crippen molar-refractivity contribution in [3.63, 3.8) is 0 Å². The number of nitrogens with zero attached hydrogens (tertiary/aromatic N) is 3. The fourth-order valence-electron chi connectivity index (χ4n) is 3.88. The molecule has 1 atom stereocenters. The molecule has 0 bridgehead atoms. The van der Waals surface area contributed by atoms with Crippen molar-refractivity contribution in [2.24, 2.45) is 0 Å². The van der Waals surface area contributed by atoms with Crippen molar-refractivity contribution in [2.45, 2.75) is 30.7 Å². The quantitative estimate of drug-likeness (QED) is 0.635. The second-order valence-corrected chi connectivity index (χ2v) is 11.8. The minimum absolute atomic E-state index is 0.0511. The molecule has 2 heterocycles. The first-order valence-corrected chi connectivity index (χ1v) is 13.4. The van der Waals surface area contributed by atoms with Crippen molar-refractivity contribution in [1.29, 1.82) is 0 Å². The number of aryl methyl sites for hydroxylation is 1. The maximum Gasteiger partial charge on any atom is 0.243 e. The number of carbonyl (C=O) groups excluding carboxylic acids is 1. The molecule has 168 valence electrons. The summed E-state index contributed by atoms with van der Waals surface area (Å²) in [5.41, 5.74) is 1.00. The lowest BCUT2D eigenvalue weighted by atomic mass is 10.1. The van der Waals surface area contributed by atoms with Gasteiger partial charge < -0.3 is 4.90 Å². The smallest absolute Gasteiger partial charge is 0.243 e. The highest BCUT2D eigenvalue weighted by atomic mass is 32.2. The first-order chi connectivity index (χ1) is 14.0. The Morgan fingerprint density at radius 2 is 1.67 bits per heavy atom. The van der Waals surface area contributed by atoms with E-state index >= 15 is 0 Å². The monoisotopic (exact) mass is 458 g/mol. The van der Waals surface area contributed by atoms with Crippen molar-refractivity contribution in [3.8, 4) is 0 Å². The fourth-order valence-corrected chi connectivity index (χ4v) is 6.10. The van der Waals surface area contributed by atoms with E-state index in [1.807, 2.05) is 11.8 Å². The van der Waals surface area contributed by atoms with E-state index in [2.05, 4.69) is 4.72 Å². The lowest BCUT2D eigenvalue weighted by Crippen LogP contribution is -2.54. The average Bonchev–Trinajstić information content (AvgIpc) is 2.67. The van der Waals surface area contributed by atoms with Crippen LogP contribution in [0.4, 0.5) is 0 Å². The molecular formula is C19H30N4O5S2. The Balaban J connectivity index is 1.51. The second-order valence-electron chi connectivity index (χ2n) is 8.06. The molecule has 1 unspecified atom stereocenters. The number of sulfonamides is 2. The molecule has 30 heavy (non-hydrogen) atoms. The van der Waals surface area contributed by atoms with Crippen molar-refractivity contribution < 1.29 is 21.6 Å². The number of amides is 1. The summed E-state index contributed by atoms with van der Waals surface area (Å²) in [6, 6.07) is 6.56. The standard InChI is InChI=1S/C19H30N4O5S2/c1-16-5-7-18(8-6-16)30(27,28)23-12-10-21(11-13-23)15-19(24)22-9-3-4-17(14-22)20-29(2,25)26/h5-8,17,20H,3-4,9-15H2,1-2H3. The number of piperidine rings is 1. The van der Waals surface area contributed by atoms with Crippen molar-refractivity contribution in [1.82, 2.24) is 18.8 Å². The van der Waals surface area contributed by atoms with E-state index in [1.54, 1.807) is 29.2 Å². The molecule has 0 aliphatic carbocycles. The van der Waals surface area contributed by atoms with Crippen LogP contribution in [0.2, 0.25) is 0 Å². The zero-order valence-corrected chi connectivity index (χ0v) is 19.1. The van der Waals surface area contributed by atoms with E-state index in [0.717, 1.165) is 18.2 Å². The third-order valence-corrected chi connectivity index (χ3v) is 8.18. The molecule has 2 aliphatic heterocycles. The molecule has 1 aromatic rings. The normalized spacial score (nSPS) is 22.2. The molecule has 0 aromatic heterocycles. The van der Waals surface area contributed by atoms with Crippen molar-refractivity contribution in [2.75, 3.05) is 52.1 Å². The van der Waals surface area contributed by atoms with Crippen LogP contribution in [0, 0.1) is 6.92 Å². The molecule has 0 spiro atoms. The molecule has 2 saturated heterocycles. The number of hydrogen-bond donors (Lipinski definition) is 1. The molecule has 0 saturated carbocycles. The molecular weight excluding hydrogens is 428 g/mol. The Labute approximate surface area is 179 Å². The van der Waals surface area contributed by atoms with E-state index < -0.39 is 20.0 Å². The lowest BCUT2D eigenvalue weighted by Gasteiger charge is -2.37. The highest BCUT2D eigenvalue weighted by Crippen LogP contribution is 2.18. The molecule has 0 radical (unpaired) electrons. The number of benzene rings is 1. The minimum Gasteiger partial charge on any atom is -0.340 e. The third kappa shape index (κ3) is 6.01. The van der Waals surface area contributed by atoms with Gasteiger partial charge in [-0.2, -0.15) is 4.31 Å². The van der Waals surface area contributed by atoms with E-state index in [-0.39, 0.29) is 23.4 Å². The Morgan fingerprint density at radius 3 is 2.27 bits per heavy atom. The maximum absolute atomic E-state index is 12.8. The molecule has 1 amide bonds. The lowest BCUT2D eigenvalue weighted by molar-refractivity contribution is -0.134. The van der Waals surface area contributed by atoms with Gasteiger partial charge in [-0.05, 0) is 31.9 Å². The summed E-state index contributed by atoms with van der Waals surface area (Å²) in [6.45, 7) is 4.74. The Hall–Kier alpha value is -1.53. The average molecular weight is 459 g/mol. The van der Waals surface area contributed by atoms with E-state index in [9.17, 15) is 21.6 Å². The van der Waals surface area contributed by atoms with Crippen LogP contribution in [-0.2, 0) is 24.8 Å². The first kappa shape index (κ1) is 23.1. The molecule has 2 aliphatic rings. The molecule has 11 heteroatoms. The SMILES string of the molecule is Cc1ccc(S(=O)(=O)N2CCN(CC(=O)N3CCCC(NS(C)(=O)=O)C3)CC2)cc1. The second kappa shape index (κ2) is 9.31. The van der Waals surface area contributed by atoms with Gasteiger partial charge in [-0.1, -0.05) is 17.7 Å². The van der Waals surface area contributed by atoms with Crippen LogP contribution in [0.5, 0.6) is 0 Å². The Bertz CT molecular complexity index is 955. The van der Waals surface area contributed by atoms with E-state index in [4.69, 9.17) is 0 Å². The highest BCUT2D eigenvalue weighted by molar-refractivity contribution is 7.89. The summed E-state index contributed by atoms with van der Waals surface area (Å²) in [4.78, 5) is 16.6. The summed E-state index contributed by atoms with van der Waals surface area (Å²) < 4.78 is 52.5. The van der Waals surface area contributed by atoms with Gasteiger partial charge in [0.25, 0.3) is 0 Å². The Morgan fingerprint density at radius 1 is 1.03 bits per heavy atom. The van der Waals surface area contributed by atoms with E-state index in [1.165, 1.54) is 4.31 Å². The molecule has 3 rings (SSSR count). The van der Waals surface area contributed by atoms with Gasteiger partial charge in [0.05, 0.1) is 17.7 Å². The summed E-state index contributed by atoms with van der Waals surface area (Å²) in [7, 11) is -6.84. The number of likely N-dealkylation sites (tertiary alicyclic amines) is 1. The minimum atomic E-state index is -3.53. The molecule has 2 fully saturated rings. The van der Waals surface area contributed by atoms with Crippen LogP contribution < -0.4 is 4.72 Å². The van der Waals surface area contributed by atoms with Gasteiger partial charge >= 0.3 is 0 Å². The molecule has 1 N–H and O–H groups in total. The van der Waals surface area contributed by atoms with Crippen LogP contribution in [0.15, 0.2) is 29.2 Å². The summed E-state index contributed by atoms with van der Waals surface area (Å²) in [6.07, 6.45) is 2.59. The summed E-state index contributed by atoms with van der Waals surface area (Å²) in [5, 5.41) is 0. The fraction of sp³-hybridized carbons (Fsp3) is 0.632. The zero-order chi connectivity index (χ0) is 21.9. The zero-order valence-electron chi connectivity index (χ0n) is 17.5.